The number of hydrogen-bond acceptors (Lipinski definition) is 1. The minimum atomic E-state index is -1.36. The van der Waals surface area contributed by atoms with Crippen molar-refractivity contribution < 1.29 is 4.43 Å². The Labute approximate surface area is 94.8 Å². The highest BCUT2D eigenvalue weighted by molar-refractivity contribution is 14.1. The summed E-state index contributed by atoms with van der Waals surface area (Å²) in [5.74, 6) is 0. The Morgan fingerprint density at radius 3 is 2.54 bits per heavy atom. The molecule has 0 bridgehead atoms. The van der Waals surface area contributed by atoms with Crippen LogP contribution >= 0.6 is 22.6 Å². The SMILES string of the molecule is C[Si](C)(C)OCc1cccc(I)c1. The van der Waals surface area contributed by atoms with Crippen LogP contribution in [0.2, 0.25) is 19.6 Å². The van der Waals surface area contributed by atoms with E-state index in [1.165, 1.54) is 9.13 Å². The number of halogens is 1. The average Bonchev–Trinajstić information content (AvgIpc) is 2.00. The predicted molar refractivity (Wildman–Crippen MR) is 67.3 cm³/mol. The van der Waals surface area contributed by atoms with E-state index in [0.717, 1.165) is 6.61 Å². The van der Waals surface area contributed by atoms with Gasteiger partial charge in [-0.1, -0.05) is 12.1 Å². The molecule has 0 amide bonds. The summed E-state index contributed by atoms with van der Waals surface area (Å²) in [5.41, 5.74) is 1.27. The van der Waals surface area contributed by atoms with Crippen LogP contribution < -0.4 is 0 Å². The molecular formula is C10H15IOSi. The fourth-order valence-corrected chi connectivity index (χ4v) is 2.13. The van der Waals surface area contributed by atoms with Gasteiger partial charge in [-0.2, -0.15) is 0 Å². The highest BCUT2D eigenvalue weighted by Gasteiger charge is 2.13. The normalized spacial score (nSPS) is 11.7. The second-order valence-corrected chi connectivity index (χ2v) is 9.79. The summed E-state index contributed by atoms with van der Waals surface area (Å²) in [4.78, 5) is 0. The maximum absolute atomic E-state index is 5.81. The summed E-state index contributed by atoms with van der Waals surface area (Å²) in [7, 11) is -1.36. The fraction of sp³-hybridized carbons (Fsp3) is 0.400. The molecule has 0 aromatic heterocycles. The first-order chi connectivity index (χ1) is 5.97. The summed E-state index contributed by atoms with van der Waals surface area (Å²) in [6.07, 6.45) is 0. The predicted octanol–water partition coefficient (Wildman–Crippen LogP) is 3.64. The van der Waals surface area contributed by atoms with Crippen LogP contribution in [-0.2, 0) is 11.0 Å². The zero-order valence-corrected chi connectivity index (χ0v) is 11.5. The van der Waals surface area contributed by atoms with E-state index < -0.39 is 8.32 Å². The van der Waals surface area contributed by atoms with Crippen molar-refractivity contribution in [2.24, 2.45) is 0 Å². The van der Waals surface area contributed by atoms with Gasteiger partial charge in [0.2, 0.25) is 0 Å². The molecule has 72 valence electrons. The third kappa shape index (κ3) is 4.78. The minimum absolute atomic E-state index is 0.757. The molecular weight excluding hydrogens is 291 g/mol. The summed E-state index contributed by atoms with van der Waals surface area (Å²) in [6, 6.07) is 8.45. The van der Waals surface area contributed by atoms with Gasteiger partial charge >= 0.3 is 0 Å². The Morgan fingerprint density at radius 2 is 2.00 bits per heavy atom. The quantitative estimate of drug-likeness (QED) is 0.612. The lowest BCUT2D eigenvalue weighted by molar-refractivity contribution is 0.299. The molecule has 13 heavy (non-hydrogen) atoms. The van der Waals surface area contributed by atoms with Gasteiger partial charge in [-0.15, -0.1) is 0 Å². The molecule has 0 radical (unpaired) electrons. The van der Waals surface area contributed by atoms with Crippen molar-refractivity contribution in [2.75, 3.05) is 0 Å². The second kappa shape index (κ2) is 4.57. The van der Waals surface area contributed by atoms with Crippen LogP contribution in [-0.4, -0.2) is 8.32 Å². The van der Waals surface area contributed by atoms with Gasteiger partial charge in [0.15, 0.2) is 8.32 Å². The molecule has 0 heterocycles. The molecule has 3 heteroatoms. The van der Waals surface area contributed by atoms with Crippen molar-refractivity contribution in [3.05, 3.63) is 33.4 Å². The maximum atomic E-state index is 5.81. The number of hydrogen-bond donors (Lipinski definition) is 0. The fourth-order valence-electron chi connectivity index (χ4n) is 0.927. The van der Waals surface area contributed by atoms with Gasteiger partial charge in [0, 0.05) is 3.57 Å². The van der Waals surface area contributed by atoms with Crippen LogP contribution in [0.15, 0.2) is 24.3 Å². The van der Waals surface area contributed by atoms with E-state index in [1.54, 1.807) is 0 Å². The van der Waals surface area contributed by atoms with Crippen LogP contribution in [0, 0.1) is 3.57 Å². The van der Waals surface area contributed by atoms with E-state index in [4.69, 9.17) is 4.43 Å². The van der Waals surface area contributed by atoms with Crippen molar-refractivity contribution in [1.82, 2.24) is 0 Å². The van der Waals surface area contributed by atoms with E-state index in [-0.39, 0.29) is 0 Å². The van der Waals surface area contributed by atoms with E-state index >= 15 is 0 Å². The Morgan fingerprint density at radius 1 is 1.31 bits per heavy atom. The van der Waals surface area contributed by atoms with Crippen molar-refractivity contribution in [3.8, 4) is 0 Å². The van der Waals surface area contributed by atoms with Gasteiger partial charge in [0.25, 0.3) is 0 Å². The molecule has 0 aliphatic carbocycles. The van der Waals surface area contributed by atoms with E-state index in [0.29, 0.717) is 0 Å². The molecule has 1 nitrogen and oxygen atoms in total. The van der Waals surface area contributed by atoms with Crippen LogP contribution in [0.5, 0.6) is 0 Å². The smallest absolute Gasteiger partial charge is 0.184 e. The van der Waals surface area contributed by atoms with E-state index in [1.807, 2.05) is 0 Å². The first-order valence-electron chi connectivity index (χ1n) is 4.36. The lowest BCUT2D eigenvalue weighted by atomic mass is 10.2. The monoisotopic (exact) mass is 306 g/mol. The lowest BCUT2D eigenvalue weighted by Gasteiger charge is -2.17. The van der Waals surface area contributed by atoms with Crippen molar-refractivity contribution >= 4 is 30.9 Å². The topological polar surface area (TPSA) is 9.23 Å². The standard InChI is InChI=1S/C10H15IOSi/c1-13(2,3)12-8-9-5-4-6-10(11)7-9/h4-7H,8H2,1-3H3. The Hall–Kier alpha value is 0.127. The first-order valence-corrected chi connectivity index (χ1v) is 8.84. The Bertz CT molecular complexity index is 280. The van der Waals surface area contributed by atoms with E-state index in [2.05, 4.69) is 66.5 Å². The van der Waals surface area contributed by atoms with Crippen LogP contribution in [0.25, 0.3) is 0 Å². The van der Waals surface area contributed by atoms with Gasteiger partial charge in [-0.3, -0.25) is 0 Å². The highest BCUT2D eigenvalue weighted by atomic mass is 127. The van der Waals surface area contributed by atoms with E-state index in [9.17, 15) is 0 Å². The first kappa shape index (κ1) is 11.2. The molecule has 0 saturated heterocycles. The minimum Gasteiger partial charge on any atom is -0.413 e. The molecule has 0 saturated carbocycles. The third-order valence-corrected chi connectivity index (χ3v) is 3.24. The molecule has 0 atom stereocenters. The molecule has 0 aliphatic heterocycles. The number of rotatable bonds is 3. The Balaban J connectivity index is 2.55. The van der Waals surface area contributed by atoms with Gasteiger partial charge < -0.3 is 4.43 Å². The van der Waals surface area contributed by atoms with Crippen molar-refractivity contribution in [3.63, 3.8) is 0 Å². The van der Waals surface area contributed by atoms with Crippen LogP contribution in [0.4, 0.5) is 0 Å². The highest BCUT2D eigenvalue weighted by Crippen LogP contribution is 2.11. The molecule has 0 spiro atoms. The molecule has 1 aromatic rings. The summed E-state index contributed by atoms with van der Waals surface area (Å²) in [6.45, 7) is 7.38. The molecule has 1 rings (SSSR count). The summed E-state index contributed by atoms with van der Waals surface area (Å²) < 4.78 is 7.08. The van der Waals surface area contributed by atoms with Gasteiger partial charge in [0.05, 0.1) is 6.61 Å². The average molecular weight is 306 g/mol. The molecule has 0 unspecified atom stereocenters. The summed E-state index contributed by atoms with van der Waals surface area (Å²) in [5, 5.41) is 0. The van der Waals surface area contributed by atoms with Gasteiger partial charge in [-0.25, -0.2) is 0 Å². The van der Waals surface area contributed by atoms with Crippen molar-refractivity contribution in [2.45, 2.75) is 26.2 Å². The zero-order valence-electron chi connectivity index (χ0n) is 8.30. The maximum Gasteiger partial charge on any atom is 0.184 e. The number of benzene rings is 1. The lowest BCUT2D eigenvalue weighted by Crippen LogP contribution is -2.24. The van der Waals surface area contributed by atoms with Gasteiger partial charge in [0.1, 0.15) is 0 Å². The van der Waals surface area contributed by atoms with Crippen LogP contribution in [0.1, 0.15) is 5.56 Å². The largest absolute Gasteiger partial charge is 0.413 e. The molecule has 0 N–H and O–H groups in total. The molecule has 1 aromatic carbocycles. The Kier molecular flexibility index (Phi) is 3.94. The summed E-state index contributed by atoms with van der Waals surface area (Å²) >= 11 is 2.32. The van der Waals surface area contributed by atoms with Gasteiger partial charge in [-0.05, 0) is 59.9 Å². The molecule has 0 fully saturated rings. The van der Waals surface area contributed by atoms with Crippen molar-refractivity contribution in [1.29, 1.82) is 0 Å². The zero-order chi connectivity index (χ0) is 9.90. The molecule has 0 aliphatic rings. The second-order valence-electron chi connectivity index (χ2n) is 4.03. The third-order valence-electron chi connectivity index (χ3n) is 1.56. The van der Waals surface area contributed by atoms with Crippen LogP contribution in [0.3, 0.4) is 0 Å².